The fourth-order valence-corrected chi connectivity index (χ4v) is 5.59. The lowest BCUT2D eigenvalue weighted by molar-refractivity contribution is 0.532. The predicted octanol–water partition coefficient (Wildman–Crippen LogP) is 5.93. The summed E-state index contributed by atoms with van der Waals surface area (Å²) in [7, 11) is 0. The van der Waals surface area contributed by atoms with Gasteiger partial charge in [-0.25, -0.2) is 9.97 Å². The van der Waals surface area contributed by atoms with Crippen LogP contribution in [0.4, 0.5) is 0 Å². The highest BCUT2D eigenvalue weighted by Crippen LogP contribution is 2.48. The smallest absolute Gasteiger partial charge is 0.137 e. The van der Waals surface area contributed by atoms with Crippen LogP contribution in [0, 0.1) is 13.8 Å². The van der Waals surface area contributed by atoms with Crippen LogP contribution >= 0.6 is 11.3 Å². The monoisotopic (exact) mass is 373 g/mol. The number of hydrogen-bond donors (Lipinski definition) is 0. The lowest BCUT2D eigenvalue weighted by Gasteiger charge is -2.27. The van der Waals surface area contributed by atoms with Crippen molar-refractivity contribution >= 4 is 17.0 Å². The molecule has 1 saturated carbocycles. The van der Waals surface area contributed by atoms with Crippen molar-refractivity contribution in [1.29, 1.82) is 0 Å². The van der Waals surface area contributed by atoms with Crippen molar-refractivity contribution in [3.05, 3.63) is 75.9 Å². The fraction of sp³-hybridized carbons (Fsp3) is 0.304. The van der Waals surface area contributed by atoms with Crippen molar-refractivity contribution in [2.45, 2.75) is 44.9 Å². The second kappa shape index (κ2) is 6.31. The van der Waals surface area contributed by atoms with E-state index < -0.39 is 0 Å². The summed E-state index contributed by atoms with van der Waals surface area (Å²) in [6.07, 6.45) is 7.01. The molecule has 0 saturated heterocycles. The summed E-state index contributed by atoms with van der Waals surface area (Å²) >= 11 is 1.81. The summed E-state index contributed by atoms with van der Waals surface area (Å²) in [6, 6.07) is 15.2. The third-order valence-electron chi connectivity index (χ3n) is 5.92. The van der Waals surface area contributed by atoms with E-state index in [0.717, 1.165) is 22.7 Å². The molecule has 1 aliphatic rings. The van der Waals surface area contributed by atoms with Gasteiger partial charge in [-0.05, 0) is 44.4 Å². The maximum atomic E-state index is 5.17. The molecular formula is C23H23N3S. The Morgan fingerprint density at radius 3 is 2.52 bits per heavy atom. The third-order valence-corrected chi connectivity index (χ3v) is 6.97. The molecule has 4 heteroatoms. The Morgan fingerprint density at radius 1 is 0.963 bits per heavy atom. The zero-order chi connectivity index (χ0) is 18.4. The maximum Gasteiger partial charge on any atom is 0.137 e. The van der Waals surface area contributed by atoms with Crippen molar-refractivity contribution in [3.63, 3.8) is 0 Å². The summed E-state index contributed by atoms with van der Waals surface area (Å²) in [4.78, 5) is 9.88. The molecule has 27 heavy (non-hydrogen) atoms. The zero-order valence-electron chi connectivity index (χ0n) is 15.8. The van der Waals surface area contributed by atoms with Gasteiger partial charge in [0.2, 0.25) is 0 Å². The van der Waals surface area contributed by atoms with Gasteiger partial charge in [0.1, 0.15) is 16.3 Å². The number of hydrogen-bond acceptors (Lipinski definition) is 3. The minimum atomic E-state index is 0.0744. The average molecular weight is 374 g/mol. The highest BCUT2D eigenvalue weighted by atomic mass is 32.1. The largest absolute Gasteiger partial charge is 0.298 e. The summed E-state index contributed by atoms with van der Waals surface area (Å²) in [6.45, 7) is 4.23. The Bertz CT molecular complexity index is 1100. The van der Waals surface area contributed by atoms with Crippen molar-refractivity contribution in [1.82, 2.24) is 14.4 Å². The van der Waals surface area contributed by atoms with Gasteiger partial charge in [0, 0.05) is 17.0 Å². The third kappa shape index (κ3) is 2.62. The maximum absolute atomic E-state index is 5.17. The minimum Gasteiger partial charge on any atom is -0.298 e. The van der Waals surface area contributed by atoms with E-state index in [1.807, 2.05) is 17.4 Å². The van der Waals surface area contributed by atoms with Gasteiger partial charge in [-0.15, -0.1) is 11.3 Å². The number of aromatic nitrogens is 3. The number of aryl methyl sites for hydroxylation is 2. The van der Waals surface area contributed by atoms with Crippen LogP contribution in [-0.4, -0.2) is 14.4 Å². The number of benzene rings is 1. The first-order chi connectivity index (χ1) is 13.2. The Labute approximate surface area is 163 Å². The summed E-state index contributed by atoms with van der Waals surface area (Å²) in [5.74, 6) is 0. The van der Waals surface area contributed by atoms with Gasteiger partial charge in [0.15, 0.2) is 0 Å². The van der Waals surface area contributed by atoms with E-state index >= 15 is 0 Å². The van der Waals surface area contributed by atoms with Crippen LogP contribution in [0.25, 0.3) is 17.0 Å². The molecule has 1 fully saturated rings. The molecule has 0 radical (unpaired) electrons. The number of fused-ring (bicyclic) bond motifs is 1. The van der Waals surface area contributed by atoms with Crippen LogP contribution in [0.3, 0.4) is 0 Å². The molecule has 0 unspecified atom stereocenters. The van der Waals surface area contributed by atoms with Gasteiger partial charge in [-0.2, -0.15) is 0 Å². The first kappa shape index (κ1) is 16.7. The van der Waals surface area contributed by atoms with E-state index in [2.05, 4.69) is 66.2 Å². The first-order valence-corrected chi connectivity index (χ1v) is 10.5. The van der Waals surface area contributed by atoms with E-state index in [9.17, 15) is 0 Å². The van der Waals surface area contributed by atoms with E-state index in [-0.39, 0.29) is 5.41 Å². The van der Waals surface area contributed by atoms with Crippen LogP contribution in [-0.2, 0) is 5.41 Å². The van der Waals surface area contributed by atoms with E-state index in [0.29, 0.717) is 0 Å². The molecule has 3 nitrogen and oxygen atoms in total. The van der Waals surface area contributed by atoms with Crippen molar-refractivity contribution < 1.29 is 0 Å². The first-order valence-electron chi connectivity index (χ1n) is 9.65. The second-order valence-electron chi connectivity index (χ2n) is 7.67. The van der Waals surface area contributed by atoms with Crippen molar-refractivity contribution in [3.8, 4) is 11.4 Å². The van der Waals surface area contributed by atoms with E-state index in [1.54, 1.807) is 0 Å². The molecule has 3 aromatic heterocycles. The predicted molar refractivity (Wildman–Crippen MR) is 111 cm³/mol. The molecular weight excluding hydrogens is 350 g/mol. The zero-order valence-corrected chi connectivity index (χ0v) is 16.6. The molecule has 0 spiro atoms. The summed E-state index contributed by atoms with van der Waals surface area (Å²) in [5, 5.41) is 3.47. The quantitative estimate of drug-likeness (QED) is 0.445. The molecule has 0 atom stereocenters. The molecule has 4 aromatic rings. The van der Waals surface area contributed by atoms with Gasteiger partial charge in [-0.3, -0.25) is 4.40 Å². The number of pyridine rings is 1. The highest BCUT2D eigenvalue weighted by Gasteiger charge is 2.40. The van der Waals surface area contributed by atoms with Crippen molar-refractivity contribution in [2.75, 3.05) is 0 Å². The molecule has 5 rings (SSSR count). The Kier molecular flexibility index (Phi) is 3.90. The number of nitrogens with zero attached hydrogens (tertiary/aromatic N) is 3. The van der Waals surface area contributed by atoms with Gasteiger partial charge in [0.25, 0.3) is 0 Å². The Balaban J connectivity index is 1.63. The molecule has 0 bridgehead atoms. The molecule has 1 aromatic carbocycles. The van der Waals surface area contributed by atoms with Crippen LogP contribution in [0.2, 0.25) is 0 Å². The van der Waals surface area contributed by atoms with Gasteiger partial charge >= 0.3 is 0 Å². The van der Waals surface area contributed by atoms with Gasteiger partial charge < -0.3 is 0 Å². The molecule has 136 valence electrons. The van der Waals surface area contributed by atoms with Crippen LogP contribution < -0.4 is 0 Å². The Morgan fingerprint density at radius 2 is 1.74 bits per heavy atom. The fourth-order valence-electron chi connectivity index (χ4n) is 4.50. The topological polar surface area (TPSA) is 30.2 Å². The minimum absolute atomic E-state index is 0.0744. The molecule has 0 amide bonds. The SMILES string of the molecule is Cc1ccc(C2(c3nc(-c4c(C)nc5ccccn45)cs3)CCCC2)cc1. The summed E-state index contributed by atoms with van der Waals surface area (Å²) in [5.41, 5.74) is 6.98. The number of thiazole rings is 1. The molecule has 3 heterocycles. The van der Waals surface area contributed by atoms with Gasteiger partial charge in [0.05, 0.1) is 11.4 Å². The van der Waals surface area contributed by atoms with E-state index in [1.165, 1.54) is 41.8 Å². The molecule has 0 aliphatic heterocycles. The van der Waals surface area contributed by atoms with Crippen LogP contribution in [0.5, 0.6) is 0 Å². The van der Waals surface area contributed by atoms with Crippen molar-refractivity contribution in [2.24, 2.45) is 0 Å². The van der Waals surface area contributed by atoms with Crippen LogP contribution in [0.1, 0.15) is 47.5 Å². The van der Waals surface area contributed by atoms with Gasteiger partial charge in [-0.1, -0.05) is 48.7 Å². The van der Waals surface area contributed by atoms with Crippen LogP contribution in [0.15, 0.2) is 54.0 Å². The average Bonchev–Trinajstić information content (AvgIpc) is 3.40. The molecule has 1 aliphatic carbocycles. The number of rotatable bonds is 3. The molecule has 0 N–H and O–H groups in total. The second-order valence-corrected chi connectivity index (χ2v) is 8.53. The Hall–Kier alpha value is -2.46. The normalized spacial score (nSPS) is 16.2. The highest BCUT2D eigenvalue weighted by molar-refractivity contribution is 7.10. The summed E-state index contributed by atoms with van der Waals surface area (Å²) < 4.78 is 2.15. The number of imidazole rings is 1. The standard InChI is InChI=1S/C23H23N3S/c1-16-8-10-18(11-9-16)23(12-4-5-13-23)22-25-19(15-27-22)21-17(2)24-20-7-3-6-14-26(20)21/h3,6-11,14-15H,4-5,12-13H2,1-2H3. The van der Waals surface area contributed by atoms with E-state index in [4.69, 9.17) is 9.97 Å². The lowest BCUT2D eigenvalue weighted by atomic mass is 9.79. The lowest BCUT2D eigenvalue weighted by Crippen LogP contribution is -2.23.